The van der Waals surface area contributed by atoms with Gasteiger partial charge in [-0.25, -0.2) is 0 Å². The lowest BCUT2D eigenvalue weighted by molar-refractivity contribution is -0.129. The summed E-state index contributed by atoms with van der Waals surface area (Å²) in [6.07, 6.45) is 0.942. The SMILES string of the molecule is CCC(CC)C(O)C(=O)Cc1nn(CC)c2ccccc12. The molecule has 2 aromatic rings. The summed E-state index contributed by atoms with van der Waals surface area (Å²) in [6, 6.07) is 7.92. The van der Waals surface area contributed by atoms with Gasteiger partial charge in [0.1, 0.15) is 6.10 Å². The Morgan fingerprint density at radius 3 is 2.52 bits per heavy atom. The fourth-order valence-corrected chi connectivity index (χ4v) is 2.84. The number of fused-ring (bicyclic) bond motifs is 1. The van der Waals surface area contributed by atoms with Crippen LogP contribution < -0.4 is 0 Å². The molecule has 1 N–H and O–H groups in total. The van der Waals surface area contributed by atoms with Gasteiger partial charge >= 0.3 is 0 Å². The van der Waals surface area contributed by atoms with Gasteiger partial charge in [0.25, 0.3) is 0 Å². The third kappa shape index (κ3) is 3.16. The van der Waals surface area contributed by atoms with Crippen molar-refractivity contribution in [2.75, 3.05) is 0 Å². The zero-order chi connectivity index (χ0) is 15.4. The standard InChI is InChI=1S/C17H24N2O2/c1-4-12(5-2)17(21)16(20)11-14-13-9-7-8-10-15(13)19(6-3)18-14/h7-10,12,17,21H,4-6,11H2,1-3H3. The Morgan fingerprint density at radius 2 is 1.90 bits per heavy atom. The number of ketones is 1. The van der Waals surface area contributed by atoms with Crippen LogP contribution in [0.4, 0.5) is 0 Å². The van der Waals surface area contributed by atoms with E-state index in [0.29, 0.717) is 0 Å². The number of rotatable bonds is 7. The van der Waals surface area contributed by atoms with E-state index < -0.39 is 6.10 Å². The van der Waals surface area contributed by atoms with E-state index in [1.807, 2.05) is 49.7 Å². The summed E-state index contributed by atoms with van der Waals surface area (Å²) in [7, 11) is 0. The number of benzene rings is 1. The van der Waals surface area contributed by atoms with Crippen LogP contribution in [0.5, 0.6) is 0 Å². The number of aryl methyl sites for hydroxylation is 1. The van der Waals surface area contributed by atoms with E-state index in [0.717, 1.165) is 36.0 Å². The highest BCUT2D eigenvalue weighted by Crippen LogP contribution is 2.21. The maximum absolute atomic E-state index is 12.3. The maximum Gasteiger partial charge on any atom is 0.167 e. The molecule has 114 valence electrons. The highest BCUT2D eigenvalue weighted by atomic mass is 16.3. The number of aliphatic hydroxyl groups excluding tert-OH is 1. The van der Waals surface area contributed by atoms with E-state index in [-0.39, 0.29) is 18.1 Å². The minimum Gasteiger partial charge on any atom is -0.385 e. The molecule has 1 aromatic carbocycles. The Bertz CT molecular complexity index is 614. The Balaban J connectivity index is 2.25. The predicted molar refractivity (Wildman–Crippen MR) is 84.2 cm³/mol. The Labute approximate surface area is 125 Å². The molecule has 1 unspecified atom stereocenters. The Morgan fingerprint density at radius 1 is 1.24 bits per heavy atom. The number of para-hydroxylation sites is 1. The van der Waals surface area contributed by atoms with Crippen LogP contribution >= 0.6 is 0 Å². The first-order valence-corrected chi connectivity index (χ1v) is 7.77. The number of carbonyl (C=O) groups excluding carboxylic acids is 1. The van der Waals surface area contributed by atoms with Crippen LogP contribution in [0, 0.1) is 5.92 Å². The molecule has 2 rings (SSSR count). The molecule has 0 amide bonds. The first-order chi connectivity index (χ1) is 10.1. The topological polar surface area (TPSA) is 55.1 Å². The van der Waals surface area contributed by atoms with Crippen LogP contribution in [-0.2, 0) is 17.8 Å². The van der Waals surface area contributed by atoms with Crippen molar-refractivity contribution in [1.29, 1.82) is 0 Å². The number of carbonyl (C=O) groups is 1. The second kappa shape index (κ2) is 6.85. The predicted octanol–water partition coefficient (Wildman–Crippen LogP) is 2.96. The zero-order valence-corrected chi connectivity index (χ0v) is 13.0. The molecule has 1 heterocycles. The van der Waals surface area contributed by atoms with Gasteiger partial charge in [-0.05, 0) is 18.9 Å². The van der Waals surface area contributed by atoms with E-state index in [9.17, 15) is 9.90 Å². The van der Waals surface area contributed by atoms with Gasteiger partial charge in [0, 0.05) is 11.9 Å². The number of hydrogen-bond donors (Lipinski definition) is 1. The van der Waals surface area contributed by atoms with Gasteiger partial charge in [0.2, 0.25) is 0 Å². The third-order valence-electron chi connectivity index (χ3n) is 4.20. The van der Waals surface area contributed by atoms with Gasteiger partial charge in [-0.3, -0.25) is 9.48 Å². The minimum atomic E-state index is -0.884. The molecule has 0 aliphatic carbocycles. The second-order valence-electron chi connectivity index (χ2n) is 5.44. The van der Waals surface area contributed by atoms with E-state index in [2.05, 4.69) is 5.10 Å². The van der Waals surface area contributed by atoms with Gasteiger partial charge in [0.15, 0.2) is 5.78 Å². The van der Waals surface area contributed by atoms with Crippen LogP contribution in [0.25, 0.3) is 10.9 Å². The van der Waals surface area contributed by atoms with Crippen molar-refractivity contribution in [2.24, 2.45) is 5.92 Å². The molecule has 4 nitrogen and oxygen atoms in total. The fourth-order valence-electron chi connectivity index (χ4n) is 2.84. The summed E-state index contributed by atoms with van der Waals surface area (Å²) in [5.74, 6) is -0.0905. The van der Waals surface area contributed by atoms with Gasteiger partial charge in [0.05, 0.1) is 17.6 Å². The minimum absolute atomic E-state index is 0.0389. The molecule has 1 aromatic heterocycles. The first-order valence-electron chi connectivity index (χ1n) is 7.77. The van der Waals surface area contributed by atoms with Crippen LogP contribution in [0.3, 0.4) is 0 Å². The summed E-state index contributed by atoms with van der Waals surface area (Å²) < 4.78 is 1.90. The highest BCUT2D eigenvalue weighted by molar-refractivity contribution is 5.90. The summed E-state index contributed by atoms with van der Waals surface area (Å²) in [5, 5.41) is 15.7. The first kappa shape index (κ1) is 15.7. The lowest BCUT2D eigenvalue weighted by atomic mass is 9.92. The number of hydrogen-bond acceptors (Lipinski definition) is 3. The lowest BCUT2D eigenvalue weighted by Crippen LogP contribution is -2.30. The summed E-state index contributed by atoms with van der Waals surface area (Å²) in [5.41, 5.74) is 1.81. The zero-order valence-electron chi connectivity index (χ0n) is 13.0. The summed E-state index contributed by atoms with van der Waals surface area (Å²) in [4.78, 5) is 12.3. The van der Waals surface area contributed by atoms with Gasteiger partial charge in [-0.2, -0.15) is 5.10 Å². The van der Waals surface area contributed by atoms with E-state index >= 15 is 0 Å². The van der Waals surface area contributed by atoms with Crippen molar-refractivity contribution in [2.45, 2.75) is 52.7 Å². The van der Waals surface area contributed by atoms with Gasteiger partial charge in [-0.1, -0.05) is 44.9 Å². The van der Waals surface area contributed by atoms with Crippen LogP contribution in [0.15, 0.2) is 24.3 Å². The van der Waals surface area contributed by atoms with Crippen molar-refractivity contribution in [3.8, 4) is 0 Å². The molecule has 0 saturated carbocycles. The number of aromatic nitrogens is 2. The Hall–Kier alpha value is -1.68. The van der Waals surface area contributed by atoms with Gasteiger partial charge in [-0.15, -0.1) is 0 Å². The molecule has 0 radical (unpaired) electrons. The molecule has 0 aliphatic rings. The van der Waals surface area contributed by atoms with Crippen molar-refractivity contribution in [3.05, 3.63) is 30.0 Å². The van der Waals surface area contributed by atoms with E-state index in [1.54, 1.807) is 0 Å². The summed E-state index contributed by atoms with van der Waals surface area (Å²) in [6.45, 7) is 6.81. The largest absolute Gasteiger partial charge is 0.385 e. The molecule has 0 saturated heterocycles. The molecular formula is C17H24N2O2. The lowest BCUT2D eigenvalue weighted by Gasteiger charge is -2.18. The monoisotopic (exact) mass is 288 g/mol. The molecule has 0 aliphatic heterocycles. The molecule has 1 atom stereocenters. The number of nitrogens with zero attached hydrogens (tertiary/aromatic N) is 2. The Kier molecular flexibility index (Phi) is 5.12. The normalized spacial score (nSPS) is 13.0. The van der Waals surface area contributed by atoms with Crippen molar-refractivity contribution >= 4 is 16.7 Å². The number of Topliss-reactive ketones (excluding diaryl/α,β-unsaturated/α-hetero) is 1. The highest BCUT2D eigenvalue weighted by Gasteiger charge is 2.24. The van der Waals surface area contributed by atoms with E-state index in [1.165, 1.54) is 0 Å². The maximum atomic E-state index is 12.3. The van der Waals surface area contributed by atoms with Gasteiger partial charge < -0.3 is 5.11 Å². The summed E-state index contributed by atoms with van der Waals surface area (Å²) >= 11 is 0. The number of aliphatic hydroxyl groups is 1. The molecule has 0 spiro atoms. The molecule has 0 bridgehead atoms. The van der Waals surface area contributed by atoms with Crippen molar-refractivity contribution in [3.63, 3.8) is 0 Å². The third-order valence-corrected chi connectivity index (χ3v) is 4.20. The molecule has 21 heavy (non-hydrogen) atoms. The molecule has 0 fully saturated rings. The average Bonchev–Trinajstić information content (AvgIpc) is 2.86. The molecular weight excluding hydrogens is 264 g/mol. The van der Waals surface area contributed by atoms with Crippen LogP contribution in [0.2, 0.25) is 0 Å². The quantitative estimate of drug-likeness (QED) is 0.852. The van der Waals surface area contributed by atoms with Crippen LogP contribution in [-0.4, -0.2) is 26.8 Å². The van der Waals surface area contributed by atoms with Crippen LogP contribution in [0.1, 0.15) is 39.3 Å². The van der Waals surface area contributed by atoms with Crippen molar-refractivity contribution in [1.82, 2.24) is 9.78 Å². The van der Waals surface area contributed by atoms with E-state index in [4.69, 9.17) is 0 Å². The smallest absolute Gasteiger partial charge is 0.167 e. The second-order valence-corrected chi connectivity index (χ2v) is 5.44. The average molecular weight is 288 g/mol. The fraction of sp³-hybridized carbons (Fsp3) is 0.529. The molecule has 4 heteroatoms. The van der Waals surface area contributed by atoms with Crippen molar-refractivity contribution < 1.29 is 9.90 Å².